The lowest BCUT2D eigenvalue weighted by Gasteiger charge is -2.34. The van der Waals surface area contributed by atoms with E-state index in [9.17, 15) is 14.1 Å². The molecule has 5 heteroatoms. The lowest BCUT2D eigenvalue weighted by molar-refractivity contribution is -0.0751. The quantitative estimate of drug-likeness (QED) is 0.742. The van der Waals surface area contributed by atoms with E-state index in [0.29, 0.717) is 16.0 Å². The number of aliphatic hydroxyl groups is 1. The van der Waals surface area contributed by atoms with Crippen molar-refractivity contribution >= 4 is 16.7 Å². The normalized spacial score (nSPS) is 19.7. The van der Waals surface area contributed by atoms with E-state index >= 15 is 0 Å². The summed E-state index contributed by atoms with van der Waals surface area (Å²) in [6.07, 6.45) is 0.239. The zero-order chi connectivity index (χ0) is 18.9. The fourth-order valence-corrected chi connectivity index (χ4v) is 4.65. The Labute approximate surface area is 160 Å². The molecule has 1 unspecified atom stereocenters. The monoisotopic (exact) mass is 377 g/mol. The first-order valence-electron chi connectivity index (χ1n) is 8.71. The Hall–Kier alpha value is -2.76. The Kier molecular flexibility index (Phi) is 4.64. The van der Waals surface area contributed by atoms with Gasteiger partial charge in [0, 0.05) is 22.4 Å². The van der Waals surface area contributed by atoms with Crippen LogP contribution in [-0.2, 0) is 22.9 Å². The second kappa shape index (κ2) is 7.10. The standard InChI is InChI=1S/C22H19NO3S/c24-21-19-13-7-8-14-20(19)22(25,15-17-9-3-1-4-10-17)23(21)16-27(26)18-11-5-2-6-12-18/h1-14,25H,15-16H2/t22-,27?/m0/s1. The van der Waals surface area contributed by atoms with Crippen molar-refractivity contribution in [2.45, 2.75) is 17.0 Å². The van der Waals surface area contributed by atoms with Gasteiger partial charge < -0.3 is 5.11 Å². The number of hydrogen-bond donors (Lipinski definition) is 1. The summed E-state index contributed by atoms with van der Waals surface area (Å²) >= 11 is 0. The molecule has 3 aromatic carbocycles. The molecular formula is C22H19NO3S. The summed E-state index contributed by atoms with van der Waals surface area (Å²) in [6.45, 7) is 0. The topological polar surface area (TPSA) is 57.6 Å². The molecule has 1 aliphatic rings. The van der Waals surface area contributed by atoms with Crippen LogP contribution < -0.4 is 0 Å². The molecule has 0 bridgehead atoms. The minimum absolute atomic E-state index is 0.0686. The number of nitrogens with zero attached hydrogens (tertiary/aromatic N) is 1. The Balaban J connectivity index is 1.72. The van der Waals surface area contributed by atoms with Crippen LogP contribution in [0.1, 0.15) is 21.5 Å². The van der Waals surface area contributed by atoms with Crippen molar-refractivity contribution in [3.8, 4) is 0 Å². The molecule has 0 spiro atoms. The molecule has 2 atom stereocenters. The molecule has 136 valence electrons. The van der Waals surface area contributed by atoms with E-state index in [4.69, 9.17) is 0 Å². The van der Waals surface area contributed by atoms with Gasteiger partial charge in [0.05, 0.1) is 10.8 Å². The molecule has 1 heterocycles. The van der Waals surface area contributed by atoms with Gasteiger partial charge in [0.25, 0.3) is 5.91 Å². The molecule has 0 aromatic heterocycles. The number of carbonyl (C=O) groups excluding carboxylic acids is 1. The third-order valence-electron chi connectivity index (χ3n) is 4.83. The highest BCUT2D eigenvalue weighted by atomic mass is 32.2. The van der Waals surface area contributed by atoms with Crippen LogP contribution in [0.2, 0.25) is 0 Å². The van der Waals surface area contributed by atoms with Gasteiger partial charge in [-0.3, -0.25) is 13.9 Å². The Morgan fingerprint density at radius 1 is 0.852 bits per heavy atom. The van der Waals surface area contributed by atoms with Gasteiger partial charge in [0.1, 0.15) is 5.88 Å². The molecule has 4 rings (SSSR count). The molecule has 0 saturated carbocycles. The van der Waals surface area contributed by atoms with E-state index in [0.717, 1.165) is 5.56 Å². The van der Waals surface area contributed by atoms with Crippen LogP contribution in [0.4, 0.5) is 0 Å². The first kappa shape index (κ1) is 17.6. The molecular weight excluding hydrogens is 358 g/mol. The van der Waals surface area contributed by atoms with E-state index in [1.807, 2.05) is 48.5 Å². The van der Waals surface area contributed by atoms with Crippen molar-refractivity contribution in [1.29, 1.82) is 0 Å². The fraction of sp³-hybridized carbons (Fsp3) is 0.136. The smallest absolute Gasteiger partial charge is 0.257 e. The van der Waals surface area contributed by atoms with Crippen LogP contribution in [0.5, 0.6) is 0 Å². The summed E-state index contributed by atoms with van der Waals surface area (Å²) < 4.78 is 12.8. The summed E-state index contributed by atoms with van der Waals surface area (Å²) in [5.41, 5.74) is 0.393. The van der Waals surface area contributed by atoms with Crippen LogP contribution in [0, 0.1) is 0 Å². The molecule has 27 heavy (non-hydrogen) atoms. The van der Waals surface area contributed by atoms with Gasteiger partial charge in [-0.2, -0.15) is 0 Å². The van der Waals surface area contributed by atoms with Crippen LogP contribution in [0.15, 0.2) is 89.8 Å². The van der Waals surface area contributed by atoms with Crippen LogP contribution in [0.3, 0.4) is 0 Å². The van der Waals surface area contributed by atoms with Crippen LogP contribution in [-0.4, -0.2) is 26.0 Å². The molecule has 1 N–H and O–H groups in total. The maximum atomic E-state index is 13.0. The minimum Gasteiger partial charge on any atom is -0.366 e. The summed E-state index contributed by atoms with van der Waals surface area (Å²) in [6, 6.07) is 25.6. The number of hydrogen-bond acceptors (Lipinski definition) is 3. The van der Waals surface area contributed by atoms with Crippen LogP contribution in [0.25, 0.3) is 0 Å². The predicted molar refractivity (Wildman–Crippen MR) is 104 cm³/mol. The van der Waals surface area contributed by atoms with Crippen molar-refractivity contribution in [2.24, 2.45) is 0 Å². The van der Waals surface area contributed by atoms with E-state index in [-0.39, 0.29) is 18.2 Å². The number of benzene rings is 3. The van der Waals surface area contributed by atoms with Gasteiger partial charge in [-0.15, -0.1) is 0 Å². The van der Waals surface area contributed by atoms with Crippen molar-refractivity contribution < 1.29 is 14.1 Å². The highest BCUT2D eigenvalue weighted by molar-refractivity contribution is 7.85. The number of rotatable bonds is 5. The van der Waals surface area contributed by atoms with Crippen molar-refractivity contribution in [3.63, 3.8) is 0 Å². The molecule has 1 amide bonds. The maximum absolute atomic E-state index is 13.0. The zero-order valence-electron chi connectivity index (χ0n) is 14.6. The zero-order valence-corrected chi connectivity index (χ0v) is 15.4. The van der Waals surface area contributed by atoms with Crippen molar-refractivity contribution in [3.05, 3.63) is 102 Å². The van der Waals surface area contributed by atoms with E-state index in [2.05, 4.69) is 0 Å². The van der Waals surface area contributed by atoms with Gasteiger partial charge in [-0.25, -0.2) is 0 Å². The highest BCUT2D eigenvalue weighted by Gasteiger charge is 2.48. The lowest BCUT2D eigenvalue weighted by atomic mass is 9.94. The number of carbonyl (C=O) groups is 1. The number of fused-ring (bicyclic) bond motifs is 1. The van der Waals surface area contributed by atoms with Crippen LogP contribution >= 0.6 is 0 Å². The lowest BCUT2D eigenvalue weighted by Crippen LogP contribution is -2.47. The van der Waals surface area contributed by atoms with Gasteiger partial charge in [-0.05, 0) is 23.8 Å². The molecule has 0 saturated heterocycles. The molecule has 0 aliphatic carbocycles. The van der Waals surface area contributed by atoms with Crippen molar-refractivity contribution in [2.75, 3.05) is 5.88 Å². The van der Waals surface area contributed by atoms with E-state index in [1.165, 1.54) is 4.90 Å². The minimum atomic E-state index is -1.53. The highest BCUT2D eigenvalue weighted by Crippen LogP contribution is 2.40. The second-order valence-corrected chi connectivity index (χ2v) is 7.97. The second-order valence-electron chi connectivity index (χ2n) is 6.55. The van der Waals surface area contributed by atoms with Gasteiger partial charge in [0.15, 0.2) is 5.72 Å². The predicted octanol–water partition coefficient (Wildman–Crippen LogP) is 3.30. The molecule has 4 nitrogen and oxygen atoms in total. The van der Waals surface area contributed by atoms with Gasteiger partial charge in [-0.1, -0.05) is 66.7 Å². The van der Waals surface area contributed by atoms with Gasteiger partial charge in [0.2, 0.25) is 0 Å². The van der Waals surface area contributed by atoms with E-state index < -0.39 is 16.5 Å². The Morgan fingerprint density at radius 2 is 1.44 bits per heavy atom. The fourth-order valence-electron chi connectivity index (χ4n) is 3.48. The first-order chi connectivity index (χ1) is 13.1. The van der Waals surface area contributed by atoms with E-state index in [1.54, 1.807) is 36.4 Å². The van der Waals surface area contributed by atoms with Crippen molar-refractivity contribution in [1.82, 2.24) is 4.90 Å². The maximum Gasteiger partial charge on any atom is 0.257 e. The largest absolute Gasteiger partial charge is 0.366 e. The molecule has 3 aromatic rings. The van der Waals surface area contributed by atoms with Gasteiger partial charge >= 0.3 is 0 Å². The summed E-state index contributed by atoms with van der Waals surface area (Å²) in [5, 5.41) is 11.6. The third kappa shape index (κ3) is 3.20. The molecule has 0 radical (unpaired) electrons. The Bertz CT molecular complexity index is 991. The first-order valence-corrected chi connectivity index (χ1v) is 10.0. The molecule has 0 fully saturated rings. The SMILES string of the molecule is O=C1c2ccccc2[C@@](O)(Cc2ccccc2)N1CS(=O)c1ccccc1. The number of amides is 1. The average molecular weight is 377 g/mol. The average Bonchev–Trinajstić information content (AvgIpc) is 2.91. The molecule has 1 aliphatic heterocycles. The Morgan fingerprint density at radius 3 is 2.15 bits per heavy atom. The summed E-state index contributed by atoms with van der Waals surface area (Å²) in [5.74, 6) is -0.366. The summed E-state index contributed by atoms with van der Waals surface area (Å²) in [4.78, 5) is 15.0. The third-order valence-corrected chi connectivity index (χ3v) is 6.12. The summed E-state index contributed by atoms with van der Waals surface area (Å²) in [7, 11) is -1.44.